The molecule has 352 valence electrons. The van der Waals surface area contributed by atoms with Crippen LogP contribution in [0.5, 0.6) is 0 Å². The number of amides is 1. The van der Waals surface area contributed by atoms with Crippen LogP contribution in [0.3, 0.4) is 0 Å². The molecule has 3 aromatic heterocycles. The van der Waals surface area contributed by atoms with E-state index in [9.17, 15) is 35.1 Å². The largest absolute Gasteiger partial charge is 0.476 e. The van der Waals surface area contributed by atoms with Crippen LogP contribution in [0.25, 0.3) is 21.3 Å². The maximum atomic E-state index is 13.7. The van der Waals surface area contributed by atoms with Crippen molar-refractivity contribution in [2.75, 3.05) is 56.3 Å². The van der Waals surface area contributed by atoms with E-state index in [0.29, 0.717) is 74.2 Å². The number of carbonyl (C=O) groups excluding carboxylic acids is 1. The van der Waals surface area contributed by atoms with Gasteiger partial charge in [-0.25, -0.2) is 14.8 Å². The number of para-hydroxylation sites is 1. The number of nitrogens with zero attached hydrogens (tertiary/aromatic N) is 5. The summed E-state index contributed by atoms with van der Waals surface area (Å²) in [6.45, 7) is 8.60. The molecule has 5 aromatic rings. The van der Waals surface area contributed by atoms with Crippen molar-refractivity contribution < 1.29 is 39.9 Å². The molecule has 3 unspecified atom stereocenters. The number of carboxylic acids is 1. The molecule has 2 aromatic carbocycles. The molecule has 4 heterocycles. The first kappa shape index (κ1) is 46.3. The number of hydrogen-bond donors (Lipinski definition) is 8. The summed E-state index contributed by atoms with van der Waals surface area (Å²) in [5.74, 6) is -0.829. The van der Waals surface area contributed by atoms with Crippen molar-refractivity contribution in [2.24, 2.45) is 16.2 Å². The number of carboxylic acid groups (broad SMARTS) is 1. The van der Waals surface area contributed by atoms with E-state index in [1.54, 1.807) is 6.20 Å². The second-order valence-corrected chi connectivity index (χ2v) is 21.4. The van der Waals surface area contributed by atoms with Gasteiger partial charge in [-0.15, -0.1) is 0 Å². The molecular formula is C49H62N8O8S. The maximum absolute atomic E-state index is 13.7. The van der Waals surface area contributed by atoms with Gasteiger partial charge in [0.1, 0.15) is 12.0 Å². The number of anilines is 2. The zero-order valence-electron chi connectivity index (χ0n) is 38.0. The lowest BCUT2D eigenvalue weighted by atomic mass is 9.39. The Morgan fingerprint density at radius 1 is 0.909 bits per heavy atom. The first-order valence-electron chi connectivity index (χ1n) is 23.0. The van der Waals surface area contributed by atoms with E-state index in [0.717, 1.165) is 71.1 Å². The highest BCUT2D eigenvalue weighted by Crippen LogP contribution is 2.72. The number of benzene rings is 2. The molecule has 4 bridgehead atoms. The van der Waals surface area contributed by atoms with Gasteiger partial charge in [-0.05, 0) is 123 Å². The summed E-state index contributed by atoms with van der Waals surface area (Å²) in [4.78, 5) is 38.0. The Morgan fingerprint density at radius 2 is 1.67 bits per heavy atom. The fourth-order valence-electron chi connectivity index (χ4n) is 12.8. The van der Waals surface area contributed by atoms with Crippen LogP contribution in [0.15, 0.2) is 60.8 Å². The molecule has 0 spiro atoms. The minimum atomic E-state index is -1.35. The molecule has 8 N–H and O–H groups in total. The first-order valence-corrected chi connectivity index (χ1v) is 23.8. The number of rotatable bonds is 19. The quantitative estimate of drug-likeness (QED) is 0.0398. The van der Waals surface area contributed by atoms with Crippen LogP contribution in [0.1, 0.15) is 96.5 Å². The summed E-state index contributed by atoms with van der Waals surface area (Å²) < 4.78 is 9.94. The van der Waals surface area contributed by atoms with Crippen LogP contribution in [0, 0.1) is 23.2 Å². The average Bonchev–Trinajstić information content (AvgIpc) is 3.86. The molecule has 5 aliphatic rings. The summed E-state index contributed by atoms with van der Waals surface area (Å²) in [6, 6.07) is 17.2. The summed E-state index contributed by atoms with van der Waals surface area (Å²) in [5, 5.41) is 64.2. The Bertz CT molecular complexity index is 2550. The van der Waals surface area contributed by atoms with Crippen LogP contribution in [-0.4, -0.2) is 121 Å². The number of aromatic nitrogens is 4. The molecule has 3 atom stereocenters. The van der Waals surface area contributed by atoms with Crippen LogP contribution in [0.4, 0.5) is 10.9 Å². The molecule has 66 heavy (non-hydrogen) atoms. The molecule has 4 aliphatic carbocycles. The Hall–Kier alpha value is -4.85. The zero-order valence-corrected chi connectivity index (χ0v) is 38.8. The van der Waals surface area contributed by atoms with Crippen molar-refractivity contribution >= 4 is 44.4 Å². The van der Waals surface area contributed by atoms with E-state index in [2.05, 4.69) is 39.5 Å². The van der Waals surface area contributed by atoms with Gasteiger partial charge in [0.15, 0.2) is 10.8 Å². The van der Waals surface area contributed by atoms with E-state index in [4.69, 9.17) is 14.8 Å². The van der Waals surface area contributed by atoms with Gasteiger partial charge in [0.05, 0.1) is 54.0 Å². The highest BCUT2D eigenvalue weighted by molar-refractivity contribution is 7.22. The smallest absolute Gasteiger partial charge is 0.355 e. The Morgan fingerprint density at radius 3 is 2.39 bits per heavy atom. The van der Waals surface area contributed by atoms with Gasteiger partial charge in [-0.2, -0.15) is 5.10 Å². The number of nitrogens with one attached hydrogen (secondary N) is 3. The van der Waals surface area contributed by atoms with Crippen LogP contribution >= 0.6 is 11.3 Å². The maximum Gasteiger partial charge on any atom is 0.355 e. The van der Waals surface area contributed by atoms with Gasteiger partial charge in [0, 0.05) is 48.6 Å². The van der Waals surface area contributed by atoms with Crippen molar-refractivity contribution in [3.05, 3.63) is 88.9 Å². The summed E-state index contributed by atoms with van der Waals surface area (Å²) >= 11 is 1.43. The second kappa shape index (κ2) is 18.0. The first-order chi connectivity index (χ1) is 31.6. The lowest BCUT2D eigenvalue weighted by Gasteiger charge is -2.69. The molecular weight excluding hydrogens is 861 g/mol. The highest BCUT2D eigenvalue weighted by Gasteiger charge is 2.66. The highest BCUT2D eigenvalue weighted by atomic mass is 32.1. The van der Waals surface area contributed by atoms with Gasteiger partial charge in [-0.1, -0.05) is 49.4 Å². The van der Waals surface area contributed by atoms with Gasteiger partial charge in [0.2, 0.25) is 0 Å². The SMILES string of the molecule is Cc1c(-c2ccc(N3CCc4cccc(C(=O)Nc5nc6ccccc6s5)c4C3)nc2C(=O)O)cnn1CC12CC3(C)CC(C)(C1)CC(OCCNCCC(O)NC(CO)(CO)CO)(C3)C2. The molecule has 0 saturated heterocycles. The third-order valence-electron chi connectivity index (χ3n) is 14.6. The van der Waals surface area contributed by atoms with Gasteiger partial charge >= 0.3 is 5.97 Å². The fourth-order valence-corrected chi connectivity index (χ4v) is 13.7. The standard InChI is InChI=1S/C49H62N8O8S/c1-31-35(19-51-57(31)27-47-22-45(2)21-46(3,23-47)25-49(24-45,26-47)65-18-16-50-15-13-40(61)55-48(28-58,29-59)30-60)33-11-12-39(53-41(33)43(63)64)56-17-14-32-7-6-8-34(36(32)20-56)42(62)54-44-52-37-9-4-5-10-38(37)66-44/h4-12,19,40,50,55,58-61H,13-18,20-30H2,1-3H3,(H,63,64)(H,52,54,62). The molecule has 10 rings (SSSR count). The topological polar surface area (TPSA) is 227 Å². The summed E-state index contributed by atoms with van der Waals surface area (Å²) in [6.07, 6.45) is 7.93. The number of fused-ring (bicyclic) bond motifs is 2. The molecule has 16 nitrogen and oxygen atoms in total. The monoisotopic (exact) mass is 922 g/mol. The molecule has 1 aliphatic heterocycles. The van der Waals surface area contributed by atoms with Crippen molar-refractivity contribution in [1.82, 2.24) is 30.4 Å². The number of hydrogen-bond acceptors (Lipinski definition) is 14. The minimum Gasteiger partial charge on any atom is -0.476 e. The van der Waals surface area contributed by atoms with E-state index in [-0.39, 0.29) is 33.4 Å². The third-order valence-corrected chi connectivity index (χ3v) is 15.6. The van der Waals surface area contributed by atoms with Crippen LogP contribution in [0.2, 0.25) is 0 Å². The lowest BCUT2D eigenvalue weighted by Crippen LogP contribution is -2.64. The summed E-state index contributed by atoms with van der Waals surface area (Å²) in [5.41, 5.74) is 3.98. The van der Waals surface area contributed by atoms with Gasteiger partial charge < -0.3 is 40.5 Å². The van der Waals surface area contributed by atoms with Gasteiger partial charge in [-0.3, -0.25) is 20.1 Å². The minimum absolute atomic E-state index is 0.0436. The normalized spacial score (nSPS) is 25.0. The predicted octanol–water partition coefficient (Wildman–Crippen LogP) is 5.12. The van der Waals surface area contributed by atoms with Crippen molar-refractivity contribution in [3.8, 4) is 11.1 Å². The number of aliphatic hydroxyl groups is 4. The van der Waals surface area contributed by atoms with Crippen LogP contribution < -0.4 is 20.9 Å². The van der Waals surface area contributed by atoms with E-state index in [1.165, 1.54) is 11.3 Å². The molecule has 0 radical (unpaired) electrons. The number of carbonyl (C=O) groups is 2. The number of aliphatic hydroxyl groups excluding tert-OH is 4. The Kier molecular flexibility index (Phi) is 12.6. The van der Waals surface area contributed by atoms with Crippen molar-refractivity contribution in [2.45, 2.75) is 103 Å². The number of thiazole rings is 1. The Balaban J connectivity index is 0.874. The van der Waals surface area contributed by atoms with E-state index >= 15 is 0 Å². The van der Waals surface area contributed by atoms with E-state index < -0.39 is 37.6 Å². The number of pyridine rings is 1. The second-order valence-electron chi connectivity index (χ2n) is 20.4. The summed E-state index contributed by atoms with van der Waals surface area (Å²) in [7, 11) is 0. The zero-order chi connectivity index (χ0) is 46.5. The molecule has 4 saturated carbocycles. The van der Waals surface area contributed by atoms with Crippen molar-refractivity contribution in [3.63, 3.8) is 0 Å². The van der Waals surface area contributed by atoms with Gasteiger partial charge in [0.25, 0.3) is 5.91 Å². The third kappa shape index (κ3) is 9.11. The lowest BCUT2D eigenvalue weighted by molar-refractivity contribution is -0.247. The predicted molar refractivity (Wildman–Crippen MR) is 252 cm³/mol. The Labute approximate surface area is 388 Å². The number of ether oxygens (including phenoxy) is 1. The molecule has 4 fully saturated rings. The van der Waals surface area contributed by atoms with Crippen molar-refractivity contribution in [1.29, 1.82) is 0 Å². The fraction of sp³-hybridized carbons (Fsp3) is 0.531. The average molecular weight is 923 g/mol. The molecule has 1 amide bonds. The molecule has 17 heteroatoms. The number of aromatic carboxylic acids is 1. The van der Waals surface area contributed by atoms with Crippen LogP contribution in [-0.2, 0) is 24.2 Å². The van der Waals surface area contributed by atoms with E-state index in [1.807, 2.05) is 66.4 Å².